The lowest BCUT2D eigenvalue weighted by Crippen LogP contribution is -2.32. The van der Waals surface area contributed by atoms with Crippen molar-refractivity contribution >= 4 is 11.6 Å². The molecule has 0 aliphatic rings. The van der Waals surface area contributed by atoms with Gasteiger partial charge in [0.05, 0.1) is 19.6 Å². The number of ketones is 2. The van der Waals surface area contributed by atoms with Crippen LogP contribution in [0.4, 0.5) is 0 Å². The van der Waals surface area contributed by atoms with Gasteiger partial charge in [-0.05, 0) is 17.7 Å². The number of carbonyl (C=O) groups is 2. The molecule has 0 fully saturated rings. The molecule has 3 aromatic rings. The van der Waals surface area contributed by atoms with Crippen LogP contribution < -0.4 is 4.74 Å². The Labute approximate surface area is 169 Å². The number of hydrogen-bond donors (Lipinski definition) is 0. The van der Waals surface area contributed by atoms with Crippen LogP contribution in [0.5, 0.6) is 5.75 Å². The molecule has 0 aromatic heterocycles. The zero-order valence-corrected chi connectivity index (χ0v) is 16.0. The number of ether oxygens (including phenoxy) is 1. The molecule has 0 bridgehead atoms. The van der Waals surface area contributed by atoms with Crippen molar-refractivity contribution in [3.63, 3.8) is 0 Å². The van der Waals surface area contributed by atoms with Gasteiger partial charge in [-0.15, -0.1) is 0 Å². The highest BCUT2D eigenvalue weighted by atomic mass is 16.5. The van der Waals surface area contributed by atoms with Crippen molar-refractivity contribution in [1.29, 1.82) is 0 Å². The van der Waals surface area contributed by atoms with E-state index in [4.69, 9.17) is 4.74 Å². The standard InChI is InChI=1S/C24H21NO4/c1-29-20-14-12-17(13-15-20)21(16-25-28)22(23(26)18-8-4-2-5-9-18)24(27)19-10-6-3-7-11-19/h2-15,21-22H,16H2,1H3/t21-/m1/s1. The van der Waals surface area contributed by atoms with Gasteiger partial charge in [-0.1, -0.05) is 78.0 Å². The number of carbonyl (C=O) groups excluding carboxylic acids is 2. The molecular weight excluding hydrogens is 366 g/mol. The zero-order chi connectivity index (χ0) is 20.6. The highest BCUT2D eigenvalue weighted by Crippen LogP contribution is 2.32. The third-order valence-corrected chi connectivity index (χ3v) is 4.90. The molecule has 0 saturated heterocycles. The molecule has 29 heavy (non-hydrogen) atoms. The van der Waals surface area contributed by atoms with Gasteiger partial charge in [0.2, 0.25) is 0 Å². The molecule has 5 heteroatoms. The summed E-state index contributed by atoms with van der Waals surface area (Å²) in [6.45, 7) is -0.186. The summed E-state index contributed by atoms with van der Waals surface area (Å²) in [5.41, 5.74) is 1.53. The molecule has 5 nitrogen and oxygen atoms in total. The normalized spacial score (nSPS) is 11.7. The second-order valence-corrected chi connectivity index (χ2v) is 6.63. The van der Waals surface area contributed by atoms with Gasteiger partial charge in [-0.25, -0.2) is 0 Å². The molecule has 146 valence electrons. The van der Waals surface area contributed by atoms with E-state index in [1.807, 2.05) is 0 Å². The summed E-state index contributed by atoms with van der Waals surface area (Å²) < 4.78 is 5.18. The van der Waals surface area contributed by atoms with Crippen LogP contribution >= 0.6 is 0 Å². The van der Waals surface area contributed by atoms with Crippen molar-refractivity contribution in [2.24, 2.45) is 11.1 Å². The average molecular weight is 387 g/mol. The molecule has 0 spiro atoms. The number of methoxy groups -OCH3 is 1. The molecule has 0 heterocycles. The predicted octanol–water partition coefficient (Wildman–Crippen LogP) is 4.93. The first kappa shape index (κ1) is 20.1. The fourth-order valence-electron chi connectivity index (χ4n) is 3.38. The smallest absolute Gasteiger partial charge is 0.174 e. The SMILES string of the molecule is COc1ccc([C@@H](CN=O)C(C(=O)c2ccccc2)C(=O)c2ccccc2)cc1. The minimum Gasteiger partial charge on any atom is -0.497 e. The van der Waals surface area contributed by atoms with Gasteiger partial charge < -0.3 is 4.74 Å². The topological polar surface area (TPSA) is 72.8 Å². The molecule has 0 saturated carbocycles. The average Bonchev–Trinajstić information content (AvgIpc) is 2.79. The molecule has 3 aromatic carbocycles. The summed E-state index contributed by atoms with van der Waals surface area (Å²) in [6, 6.07) is 24.3. The van der Waals surface area contributed by atoms with Crippen LogP contribution in [0.25, 0.3) is 0 Å². The lowest BCUT2D eigenvalue weighted by atomic mass is 9.77. The van der Waals surface area contributed by atoms with Crippen LogP contribution in [0.2, 0.25) is 0 Å². The molecule has 0 aliphatic carbocycles. The Morgan fingerprint density at radius 1 is 0.793 bits per heavy atom. The maximum atomic E-state index is 13.4. The third-order valence-electron chi connectivity index (χ3n) is 4.90. The molecule has 0 radical (unpaired) electrons. The first-order valence-corrected chi connectivity index (χ1v) is 9.27. The van der Waals surface area contributed by atoms with E-state index in [2.05, 4.69) is 5.18 Å². The van der Waals surface area contributed by atoms with E-state index >= 15 is 0 Å². The fourth-order valence-corrected chi connectivity index (χ4v) is 3.38. The highest BCUT2D eigenvalue weighted by molar-refractivity contribution is 6.16. The van der Waals surface area contributed by atoms with Crippen molar-refractivity contribution in [1.82, 2.24) is 0 Å². The van der Waals surface area contributed by atoms with Crippen LogP contribution in [-0.2, 0) is 0 Å². The van der Waals surface area contributed by atoms with E-state index in [9.17, 15) is 14.5 Å². The molecule has 0 aliphatic heterocycles. The van der Waals surface area contributed by atoms with Gasteiger partial charge in [0.1, 0.15) is 5.75 Å². The van der Waals surface area contributed by atoms with E-state index in [1.165, 1.54) is 0 Å². The van der Waals surface area contributed by atoms with E-state index in [0.717, 1.165) is 0 Å². The summed E-state index contributed by atoms with van der Waals surface area (Å²) in [7, 11) is 1.56. The Morgan fingerprint density at radius 3 is 1.69 bits per heavy atom. The Morgan fingerprint density at radius 2 is 1.28 bits per heavy atom. The molecule has 0 unspecified atom stereocenters. The second kappa shape index (κ2) is 9.55. The van der Waals surface area contributed by atoms with Crippen LogP contribution in [0, 0.1) is 10.8 Å². The summed E-state index contributed by atoms with van der Waals surface area (Å²) in [5.74, 6) is -1.76. The Balaban J connectivity index is 2.08. The van der Waals surface area contributed by atoms with Crippen molar-refractivity contribution < 1.29 is 14.3 Å². The molecule has 0 amide bonds. The van der Waals surface area contributed by atoms with Gasteiger partial charge in [-0.2, -0.15) is 4.91 Å². The summed E-state index contributed by atoms with van der Waals surface area (Å²) in [5, 5.41) is 3.04. The van der Waals surface area contributed by atoms with E-state index in [0.29, 0.717) is 22.4 Å². The molecule has 3 rings (SSSR count). The predicted molar refractivity (Wildman–Crippen MR) is 111 cm³/mol. The maximum absolute atomic E-state index is 13.4. The summed E-state index contributed by atoms with van der Waals surface area (Å²) in [4.78, 5) is 38.0. The molecular formula is C24H21NO4. The monoisotopic (exact) mass is 387 g/mol. The lowest BCUT2D eigenvalue weighted by Gasteiger charge is -2.24. The highest BCUT2D eigenvalue weighted by Gasteiger charge is 2.37. The van der Waals surface area contributed by atoms with E-state index in [1.54, 1.807) is 92.0 Å². The Kier molecular flexibility index (Phi) is 6.63. The Bertz CT molecular complexity index is 917. The third kappa shape index (κ3) is 4.63. The summed E-state index contributed by atoms with van der Waals surface area (Å²) >= 11 is 0. The molecule has 0 N–H and O–H groups in total. The van der Waals surface area contributed by atoms with E-state index < -0.39 is 11.8 Å². The molecule has 1 atom stereocenters. The van der Waals surface area contributed by atoms with Crippen LogP contribution in [-0.4, -0.2) is 25.2 Å². The number of nitroso groups, excluding NO2 is 1. The lowest BCUT2D eigenvalue weighted by molar-refractivity contribution is 0.0784. The van der Waals surface area contributed by atoms with E-state index in [-0.39, 0.29) is 18.1 Å². The second-order valence-electron chi connectivity index (χ2n) is 6.63. The number of Topliss-reactive ketones (excluding diaryl/α,β-unsaturated/α-hetero) is 2. The minimum absolute atomic E-state index is 0.186. The van der Waals surface area contributed by atoms with Crippen molar-refractivity contribution in [3.8, 4) is 5.75 Å². The maximum Gasteiger partial charge on any atom is 0.174 e. The summed E-state index contributed by atoms with van der Waals surface area (Å²) in [6.07, 6.45) is 0. The Hall–Kier alpha value is -3.60. The number of rotatable bonds is 9. The largest absolute Gasteiger partial charge is 0.497 e. The first-order valence-electron chi connectivity index (χ1n) is 9.27. The van der Waals surface area contributed by atoms with Gasteiger partial charge in [-0.3, -0.25) is 9.59 Å². The number of nitrogens with zero attached hydrogens (tertiary/aromatic N) is 1. The van der Waals surface area contributed by atoms with Crippen molar-refractivity contribution in [2.45, 2.75) is 5.92 Å². The van der Waals surface area contributed by atoms with Crippen molar-refractivity contribution in [3.05, 3.63) is 107 Å². The van der Waals surface area contributed by atoms with Gasteiger partial charge in [0, 0.05) is 17.0 Å². The van der Waals surface area contributed by atoms with Gasteiger partial charge >= 0.3 is 0 Å². The number of hydrogen-bond acceptors (Lipinski definition) is 5. The van der Waals surface area contributed by atoms with Gasteiger partial charge in [0.15, 0.2) is 11.6 Å². The number of benzene rings is 3. The van der Waals surface area contributed by atoms with Gasteiger partial charge in [0.25, 0.3) is 0 Å². The first-order chi connectivity index (χ1) is 14.2. The van der Waals surface area contributed by atoms with Crippen molar-refractivity contribution in [2.75, 3.05) is 13.7 Å². The van der Waals surface area contributed by atoms with Crippen LogP contribution in [0.15, 0.2) is 90.1 Å². The van der Waals surface area contributed by atoms with Crippen LogP contribution in [0.3, 0.4) is 0 Å². The fraction of sp³-hybridized carbons (Fsp3) is 0.167. The zero-order valence-electron chi connectivity index (χ0n) is 16.0. The quantitative estimate of drug-likeness (QED) is 0.297. The minimum atomic E-state index is -1.06. The van der Waals surface area contributed by atoms with Crippen LogP contribution in [0.1, 0.15) is 32.2 Å².